The molecule has 1 atom stereocenters. The van der Waals surface area contributed by atoms with E-state index in [9.17, 15) is 4.79 Å². The van der Waals surface area contributed by atoms with Gasteiger partial charge in [-0.15, -0.1) is 0 Å². The molecule has 1 aliphatic rings. The van der Waals surface area contributed by atoms with E-state index in [2.05, 4.69) is 13.0 Å². The highest BCUT2D eigenvalue weighted by Gasteiger charge is 2.27. The van der Waals surface area contributed by atoms with Crippen molar-refractivity contribution in [2.75, 3.05) is 6.61 Å². The number of carbonyl (C=O) groups is 1. The lowest BCUT2D eigenvalue weighted by Gasteiger charge is -2.10. The summed E-state index contributed by atoms with van der Waals surface area (Å²) in [5.41, 5.74) is 0.922. The summed E-state index contributed by atoms with van der Waals surface area (Å²) in [6, 6.07) is 0. The number of allylic oxidation sites excluding steroid dienone is 4. The van der Waals surface area contributed by atoms with Gasteiger partial charge in [0.2, 0.25) is 0 Å². The summed E-state index contributed by atoms with van der Waals surface area (Å²) in [5, 5.41) is 9.18. The summed E-state index contributed by atoms with van der Waals surface area (Å²) in [5.74, 6) is 0.275. The van der Waals surface area contributed by atoms with E-state index < -0.39 is 0 Å². The normalized spacial score (nSPS) is 19.6. The highest BCUT2D eigenvalue weighted by Crippen LogP contribution is 2.33. The fourth-order valence-corrected chi connectivity index (χ4v) is 3.40. The summed E-state index contributed by atoms with van der Waals surface area (Å²) in [6.07, 6.45) is 17.8. The predicted molar refractivity (Wildman–Crippen MR) is 98.7 cm³/mol. The van der Waals surface area contributed by atoms with Gasteiger partial charge >= 0.3 is 0 Å². The Balaban J connectivity index is 2.32. The van der Waals surface area contributed by atoms with Crippen LogP contribution in [0, 0.1) is 5.92 Å². The molecule has 0 fully saturated rings. The van der Waals surface area contributed by atoms with E-state index in [4.69, 9.17) is 16.7 Å². The molecule has 0 spiro atoms. The number of hydrogen-bond donors (Lipinski definition) is 1. The van der Waals surface area contributed by atoms with Crippen LogP contribution in [0.4, 0.5) is 0 Å². The highest BCUT2D eigenvalue weighted by atomic mass is 35.5. The zero-order chi connectivity index (χ0) is 16.9. The van der Waals surface area contributed by atoms with Crippen molar-refractivity contribution in [3.05, 3.63) is 22.8 Å². The Kier molecular flexibility index (Phi) is 11.4. The van der Waals surface area contributed by atoms with Crippen LogP contribution in [-0.4, -0.2) is 17.5 Å². The van der Waals surface area contributed by atoms with Crippen molar-refractivity contribution in [3.8, 4) is 0 Å². The SMILES string of the molecule is CCCCCCCCC1C=C(Cl)C(=O)/C1=C\CCCCCCO. The zero-order valence-corrected chi connectivity index (χ0v) is 15.4. The van der Waals surface area contributed by atoms with Gasteiger partial charge in [-0.3, -0.25) is 4.79 Å². The van der Waals surface area contributed by atoms with Crippen molar-refractivity contribution < 1.29 is 9.90 Å². The summed E-state index contributed by atoms with van der Waals surface area (Å²) >= 11 is 6.06. The van der Waals surface area contributed by atoms with E-state index in [1.54, 1.807) is 0 Å². The number of rotatable bonds is 13. The third kappa shape index (κ3) is 8.17. The molecular formula is C20H33ClO2. The Morgan fingerprint density at radius 1 is 1.04 bits per heavy atom. The average molecular weight is 341 g/mol. The zero-order valence-electron chi connectivity index (χ0n) is 14.7. The fourth-order valence-electron chi connectivity index (χ4n) is 3.14. The number of hydrogen-bond acceptors (Lipinski definition) is 2. The molecule has 1 aliphatic carbocycles. The van der Waals surface area contributed by atoms with E-state index in [-0.39, 0.29) is 18.3 Å². The molecule has 1 rings (SSSR count). The van der Waals surface area contributed by atoms with E-state index in [0.29, 0.717) is 5.03 Å². The minimum Gasteiger partial charge on any atom is -0.396 e. The van der Waals surface area contributed by atoms with Crippen LogP contribution in [0.5, 0.6) is 0 Å². The van der Waals surface area contributed by atoms with Gasteiger partial charge in [0.25, 0.3) is 0 Å². The second kappa shape index (κ2) is 12.8. The number of carbonyl (C=O) groups excluding carboxylic acids is 1. The molecule has 0 radical (unpaired) electrons. The third-order valence-electron chi connectivity index (χ3n) is 4.57. The number of halogens is 1. The number of ketones is 1. The summed E-state index contributed by atoms with van der Waals surface area (Å²) in [6.45, 7) is 2.51. The van der Waals surface area contributed by atoms with Crippen molar-refractivity contribution in [2.45, 2.75) is 84.0 Å². The standard InChI is InChI=1S/C20H33ClO2/c1-2-3-4-5-7-10-13-17-16-19(21)20(23)18(17)14-11-8-6-9-12-15-22/h14,16-17,22H,2-13,15H2,1H3/b18-14-. The number of unbranched alkanes of at least 4 members (excludes halogenated alkanes) is 9. The van der Waals surface area contributed by atoms with Crippen molar-refractivity contribution >= 4 is 17.4 Å². The van der Waals surface area contributed by atoms with Gasteiger partial charge in [0.05, 0.1) is 5.03 Å². The monoisotopic (exact) mass is 340 g/mol. The van der Waals surface area contributed by atoms with E-state index in [0.717, 1.165) is 44.1 Å². The number of Topliss-reactive ketones (excluding diaryl/α,β-unsaturated/α-hetero) is 1. The highest BCUT2D eigenvalue weighted by molar-refractivity contribution is 6.46. The molecule has 3 heteroatoms. The van der Waals surface area contributed by atoms with Gasteiger partial charge in [-0.1, -0.05) is 82.0 Å². The van der Waals surface area contributed by atoms with Crippen LogP contribution in [0.3, 0.4) is 0 Å². The van der Waals surface area contributed by atoms with Crippen LogP contribution < -0.4 is 0 Å². The molecule has 0 bridgehead atoms. The molecule has 0 heterocycles. The Morgan fingerprint density at radius 2 is 1.70 bits per heavy atom. The molecule has 0 aliphatic heterocycles. The first kappa shape index (κ1) is 20.4. The smallest absolute Gasteiger partial charge is 0.200 e. The van der Waals surface area contributed by atoms with Gasteiger partial charge in [0, 0.05) is 18.1 Å². The lowest BCUT2D eigenvalue weighted by atomic mass is 9.94. The van der Waals surface area contributed by atoms with Crippen LogP contribution >= 0.6 is 11.6 Å². The van der Waals surface area contributed by atoms with Crippen LogP contribution in [0.2, 0.25) is 0 Å². The van der Waals surface area contributed by atoms with E-state index in [1.807, 2.05) is 6.08 Å². The maximum Gasteiger partial charge on any atom is 0.200 e. The Hall–Kier alpha value is -0.600. The van der Waals surface area contributed by atoms with Gasteiger partial charge in [0.1, 0.15) is 0 Å². The lowest BCUT2D eigenvalue weighted by molar-refractivity contribution is -0.111. The Morgan fingerprint density at radius 3 is 2.43 bits per heavy atom. The van der Waals surface area contributed by atoms with Gasteiger partial charge in [-0.25, -0.2) is 0 Å². The molecule has 2 nitrogen and oxygen atoms in total. The van der Waals surface area contributed by atoms with Gasteiger partial charge in [-0.2, -0.15) is 0 Å². The van der Waals surface area contributed by atoms with Crippen molar-refractivity contribution in [1.29, 1.82) is 0 Å². The van der Waals surface area contributed by atoms with Crippen molar-refractivity contribution in [3.63, 3.8) is 0 Å². The molecule has 1 unspecified atom stereocenters. The maximum atomic E-state index is 12.2. The number of aliphatic hydroxyl groups excluding tert-OH is 1. The molecule has 0 aromatic heterocycles. The largest absolute Gasteiger partial charge is 0.396 e. The Labute approximate surface area is 147 Å². The topological polar surface area (TPSA) is 37.3 Å². The first-order chi connectivity index (χ1) is 11.2. The number of aliphatic hydroxyl groups is 1. The summed E-state index contributed by atoms with van der Waals surface area (Å²) < 4.78 is 0. The first-order valence-corrected chi connectivity index (χ1v) is 9.81. The van der Waals surface area contributed by atoms with Crippen molar-refractivity contribution in [1.82, 2.24) is 0 Å². The molecular weight excluding hydrogens is 308 g/mol. The molecule has 0 aromatic rings. The third-order valence-corrected chi connectivity index (χ3v) is 4.87. The maximum absolute atomic E-state index is 12.2. The van der Waals surface area contributed by atoms with Crippen LogP contribution in [0.15, 0.2) is 22.8 Å². The van der Waals surface area contributed by atoms with Crippen molar-refractivity contribution in [2.24, 2.45) is 5.92 Å². The van der Waals surface area contributed by atoms with Gasteiger partial charge in [-0.05, 0) is 25.7 Å². The fraction of sp³-hybridized carbons (Fsp3) is 0.750. The lowest BCUT2D eigenvalue weighted by Crippen LogP contribution is -2.04. The quantitative estimate of drug-likeness (QED) is 0.333. The predicted octanol–water partition coefficient (Wildman–Crippen LogP) is 5.93. The molecule has 1 N–H and O–H groups in total. The summed E-state index contributed by atoms with van der Waals surface area (Å²) in [4.78, 5) is 12.2. The molecule has 132 valence electrons. The molecule has 0 saturated carbocycles. The molecule has 0 aromatic carbocycles. The molecule has 0 saturated heterocycles. The van der Waals surface area contributed by atoms with Crippen LogP contribution in [0.25, 0.3) is 0 Å². The molecule has 0 amide bonds. The molecule has 23 heavy (non-hydrogen) atoms. The first-order valence-electron chi connectivity index (χ1n) is 9.43. The minimum atomic E-state index is 0.0398. The average Bonchev–Trinajstić information content (AvgIpc) is 2.81. The van der Waals surface area contributed by atoms with Gasteiger partial charge < -0.3 is 5.11 Å². The van der Waals surface area contributed by atoms with E-state index >= 15 is 0 Å². The second-order valence-electron chi connectivity index (χ2n) is 6.59. The minimum absolute atomic E-state index is 0.0398. The summed E-state index contributed by atoms with van der Waals surface area (Å²) in [7, 11) is 0. The van der Waals surface area contributed by atoms with E-state index in [1.165, 1.54) is 38.5 Å². The van der Waals surface area contributed by atoms with Crippen LogP contribution in [0.1, 0.15) is 84.0 Å². The second-order valence-corrected chi connectivity index (χ2v) is 7.00. The Bertz CT molecular complexity index is 398. The van der Waals surface area contributed by atoms with Gasteiger partial charge in [0.15, 0.2) is 5.78 Å². The van der Waals surface area contributed by atoms with Crippen LogP contribution in [-0.2, 0) is 4.79 Å².